The number of aromatic carboxylic acids is 1. The smallest absolute Gasteiger partial charge is 0.337 e. The molecule has 0 atom stereocenters. The number of carboxylic acids is 1. The van der Waals surface area contributed by atoms with Gasteiger partial charge >= 0.3 is 11.7 Å². The lowest BCUT2D eigenvalue weighted by Gasteiger charge is -2.32. The lowest BCUT2D eigenvalue weighted by Crippen LogP contribution is -2.43. The summed E-state index contributed by atoms with van der Waals surface area (Å²) < 4.78 is 1.59. The van der Waals surface area contributed by atoms with E-state index in [2.05, 4.69) is 4.98 Å². The number of carbonyl (C=O) groups is 1. The summed E-state index contributed by atoms with van der Waals surface area (Å²) in [5.41, 5.74) is 0.590. The summed E-state index contributed by atoms with van der Waals surface area (Å²) >= 11 is 0. The zero-order valence-electron chi connectivity index (χ0n) is 12.1. The Kier molecular flexibility index (Phi) is 3.43. The van der Waals surface area contributed by atoms with Crippen molar-refractivity contribution in [2.24, 2.45) is 0 Å². The molecule has 2 aromatic rings. The molecule has 0 unspecified atom stereocenters. The molecule has 0 spiro atoms. The van der Waals surface area contributed by atoms with Crippen molar-refractivity contribution in [1.82, 2.24) is 14.5 Å². The number of fused-ring (bicyclic) bond motifs is 1. The molecule has 0 aliphatic rings. The van der Waals surface area contributed by atoms with Gasteiger partial charge in [-0.25, -0.2) is 9.59 Å². The van der Waals surface area contributed by atoms with Gasteiger partial charge in [-0.3, -0.25) is 4.57 Å². The number of imidazole rings is 1. The zero-order chi connectivity index (χ0) is 15.1. The standard InChI is InChI=1S/C14H19N3O3/c1-14(2,16(3)4)8-17-10-7-5-6-9(12(18)19)11(10)15-13(17)20/h5-7H,8H2,1-4H3,(H,15,20)(H,18,19). The second-order valence-electron chi connectivity index (χ2n) is 5.73. The SMILES string of the molecule is CN(C)C(C)(C)Cn1c(=O)[nH]c2c(C(=O)O)cccc21. The highest BCUT2D eigenvalue weighted by Crippen LogP contribution is 2.19. The monoisotopic (exact) mass is 277 g/mol. The van der Waals surface area contributed by atoms with E-state index in [1.807, 2.05) is 32.8 Å². The van der Waals surface area contributed by atoms with Crippen molar-refractivity contribution in [2.45, 2.75) is 25.9 Å². The summed E-state index contributed by atoms with van der Waals surface area (Å²) in [5.74, 6) is -1.05. The highest BCUT2D eigenvalue weighted by molar-refractivity contribution is 6.00. The number of aromatic nitrogens is 2. The number of H-pyrrole nitrogens is 1. The second kappa shape index (κ2) is 4.79. The third-order valence-corrected chi connectivity index (χ3v) is 3.80. The lowest BCUT2D eigenvalue weighted by molar-refractivity contribution is 0.0699. The summed E-state index contributed by atoms with van der Waals surface area (Å²) in [6.07, 6.45) is 0. The van der Waals surface area contributed by atoms with Gasteiger partial charge in [-0.15, -0.1) is 0 Å². The first-order chi connectivity index (χ1) is 9.24. The fourth-order valence-electron chi connectivity index (χ4n) is 2.04. The summed E-state index contributed by atoms with van der Waals surface area (Å²) in [7, 11) is 3.89. The van der Waals surface area contributed by atoms with Crippen LogP contribution in [0.4, 0.5) is 0 Å². The molecule has 0 radical (unpaired) electrons. The van der Waals surface area contributed by atoms with Gasteiger partial charge in [-0.05, 0) is 40.1 Å². The fraction of sp³-hybridized carbons (Fsp3) is 0.429. The van der Waals surface area contributed by atoms with Crippen LogP contribution >= 0.6 is 0 Å². The molecule has 6 nitrogen and oxygen atoms in total. The topological polar surface area (TPSA) is 78.3 Å². The fourth-order valence-corrected chi connectivity index (χ4v) is 2.04. The molecule has 20 heavy (non-hydrogen) atoms. The van der Waals surface area contributed by atoms with Crippen LogP contribution in [0.5, 0.6) is 0 Å². The molecule has 1 aromatic heterocycles. The van der Waals surface area contributed by atoms with Crippen molar-refractivity contribution in [3.8, 4) is 0 Å². The van der Waals surface area contributed by atoms with E-state index in [1.54, 1.807) is 16.7 Å². The van der Waals surface area contributed by atoms with Crippen molar-refractivity contribution in [2.75, 3.05) is 14.1 Å². The van der Waals surface area contributed by atoms with Crippen LogP contribution in [0.25, 0.3) is 11.0 Å². The van der Waals surface area contributed by atoms with Gasteiger partial charge in [0.1, 0.15) is 0 Å². The number of likely N-dealkylation sites (N-methyl/N-ethyl adjacent to an activating group) is 1. The normalized spacial score (nSPS) is 12.2. The Balaban J connectivity index is 2.61. The third-order valence-electron chi connectivity index (χ3n) is 3.80. The Bertz CT molecular complexity index is 710. The Labute approximate surface area is 116 Å². The first-order valence-corrected chi connectivity index (χ1v) is 6.36. The molecule has 1 heterocycles. The van der Waals surface area contributed by atoms with Crippen LogP contribution in [0.15, 0.2) is 23.0 Å². The molecule has 0 fully saturated rings. The van der Waals surface area contributed by atoms with E-state index in [1.165, 1.54) is 6.07 Å². The van der Waals surface area contributed by atoms with E-state index in [9.17, 15) is 9.59 Å². The first kappa shape index (κ1) is 14.3. The highest BCUT2D eigenvalue weighted by Gasteiger charge is 2.24. The van der Waals surface area contributed by atoms with Gasteiger partial charge in [-0.1, -0.05) is 6.07 Å². The van der Waals surface area contributed by atoms with Crippen molar-refractivity contribution in [3.05, 3.63) is 34.2 Å². The molecule has 0 bridgehead atoms. The van der Waals surface area contributed by atoms with Crippen LogP contribution in [-0.4, -0.2) is 45.2 Å². The van der Waals surface area contributed by atoms with Crippen LogP contribution in [0.1, 0.15) is 24.2 Å². The van der Waals surface area contributed by atoms with E-state index in [-0.39, 0.29) is 16.8 Å². The predicted molar refractivity (Wildman–Crippen MR) is 77.3 cm³/mol. The number of nitrogens with one attached hydrogen (secondary N) is 1. The molecule has 0 saturated carbocycles. The number of para-hydroxylation sites is 1. The maximum atomic E-state index is 12.1. The third kappa shape index (κ3) is 2.34. The maximum Gasteiger partial charge on any atom is 0.337 e. The van der Waals surface area contributed by atoms with Crippen LogP contribution in [-0.2, 0) is 6.54 Å². The van der Waals surface area contributed by atoms with Gasteiger partial charge in [0.25, 0.3) is 0 Å². The Morgan fingerprint density at radius 2 is 2.05 bits per heavy atom. The molecule has 1 aromatic carbocycles. The molecule has 2 rings (SSSR count). The molecular weight excluding hydrogens is 258 g/mol. The second-order valence-corrected chi connectivity index (χ2v) is 5.73. The predicted octanol–water partition coefficient (Wildman–Crippen LogP) is 1.37. The van der Waals surface area contributed by atoms with E-state index in [0.717, 1.165) is 0 Å². The Morgan fingerprint density at radius 3 is 2.60 bits per heavy atom. The summed E-state index contributed by atoms with van der Waals surface area (Å²) in [6.45, 7) is 4.53. The van der Waals surface area contributed by atoms with E-state index >= 15 is 0 Å². The van der Waals surface area contributed by atoms with E-state index < -0.39 is 5.97 Å². The first-order valence-electron chi connectivity index (χ1n) is 6.36. The molecule has 2 N–H and O–H groups in total. The van der Waals surface area contributed by atoms with Crippen LogP contribution in [0.3, 0.4) is 0 Å². The van der Waals surface area contributed by atoms with Crippen LogP contribution in [0, 0.1) is 0 Å². The minimum Gasteiger partial charge on any atom is -0.478 e. The number of aromatic amines is 1. The number of carboxylic acid groups (broad SMARTS) is 1. The van der Waals surface area contributed by atoms with E-state index in [4.69, 9.17) is 5.11 Å². The average Bonchev–Trinajstić information content (AvgIpc) is 2.65. The Hall–Kier alpha value is -2.08. The van der Waals surface area contributed by atoms with Gasteiger partial charge in [-0.2, -0.15) is 0 Å². The van der Waals surface area contributed by atoms with Gasteiger partial charge in [0, 0.05) is 12.1 Å². The molecule has 108 valence electrons. The molecule has 0 saturated heterocycles. The lowest BCUT2D eigenvalue weighted by atomic mass is 10.0. The van der Waals surface area contributed by atoms with Crippen molar-refractivity contribution in [1.29, 1.82) is 0 Å². The minimum atomic E-state index is -1.05. The number of rotatable bonds is 4. The number of benzene rings is 1. The van der Waals surface area contributed by atoms with Crippen molar-refractivity contribution >= 4 is 17.0 Å². The average molecular weight is 277 g/mol. The van der Waals surface area contributed by atoms with Crippen molar-refractivity contribution in [3.63, 3.8) is 0 Å². The van der Waals surface area contributed by atoms with E-state index in [0.29, 0.717) is 17.6 Å². The van der Waals surface area contributed by atoms with Crippen LogP contribution < -0.4 is 5.69 Å². The van der Waals surface area contributed by atoms with Gasteiger partial charge in [0.15, 0.2) is 0 Å². The van der Waals surface area contributed by atoms with Crippen molar-refractivity contribution < 1.29 is 9.90 Å². The molecule has 0 aliphatic carbocycles. The number of nitrogens with zero attached hydrogens (tertiary/aromatic N) is 2. The quantitative estimate of drug-likeness (QED) is 0.884. The van der Waals surface area contributed by atoms with Crippen LogP contribution in [0.2, 0.25) is 0 Å². The van der Waals surface area contributed by atoms with Gasteiger partial charge < -0.3 is 15.0 Å². The number of hydrogen-bond acceptors (Lipinski definition) is 3. The number of hydrogen-bond donors (Lipinski definition) is 2. The summed E-state index contributed by atoms with van der Waals surface area (Å²) in [6, 6.07) is 4.89. The Morgan fingerprint density at radius 1 is 1.40 bits per heavy atom. The zero-order valence-corrected chi connectivity index (χ0v) is 12.1. The maximum absolute atomic E-state index is 12.1. The largest absolute Gasteiger partial charge is 0.478 e. The summed E-state index contributed by atoms with van der Waals surface area (Å²) in [4.78, 5) is 28.0. The van der Waals surface area contributed by atoms with Gasteiger partial charge in [0.05, 0.1) is 16.6 Å². The molecular formula is C14H19N3O3. The summed E-state index contributed by atoms with van der Waals surface area (Å²) in [5, 5.41) is 9.16. The molecule has 0 amide bonds. The molecule has 0 aliphatic heterocycles. The van der Waals surface area contributed by atoms with Gasteiger partial charge in [0.2, 0.25) is 0 Å². The highest BCUT2D eigenvalue weighted by atomic mass is 16.4. The molecule has 6 heteroatoms. The minimum absolute atomic E-state index is 0.112.